The van der Waals surface area contributed by atoms with Gasteiger partial charge >= 0.3 is 0 Å². The number of amidine groups is 1. The average Bonchev–Trinajstić information content (AvgIpc) is 3.17. The molecule has 5 heteroatoms. The van der Waals surface area contributed by atoms with Gasteiger partial charge in [-0.3, -0.25) is 14.7 Å². The molecule has 0 spiro atoms. The van der Waals surface area contributed by atoms with Crippen molar-refractivity contribution in [1.82, 2.24) is 4.90 Å². The van der Waals surface area contributed by atoms with E-state index in [0.717, 1.165) is 11.4 Å². The lowest BCUT2D eigenvalue weighted by Gasteiger charge is -2.41. The minimum atomic E-state index is 0.0587. The van der Waals surface area contributed by atoms with Gasteiger partial charge in [0.25, 0.3) is 0 Å². The topological polar surface area (TPSA) is 35.9 Å². The zero-order valence-electron chi connectivity index (χ0n) is 20.5. The second-order valence-electron chi connectivity index (χ2n) is 10.9. The van der Waals surface area contributed by atoms with Crippen LogP contribution >= 0.6 is 11.8 Å². The summed E-state index contributed by atoms with van der Waals surface area (Å²) >= 11 is 1.88. The molecule has 1 saturated heterocycles. The molecule has 2 aliphatic carbocycles. The lowest BCUT2D eigenvalue weighted by atomic mass is 9.87. The van der Waals surface area contributed by atoms with Crippen molar-refractivity contribution in [2.45, 2.75) is 116 Å². The standard InChI is InChI=1S/C27H41N3OS/c1-20(31)29(24-17-15-21(16-18-24)27(2,3)4)25-19-32-26(28-22-11-7-5-8-12-22)30(25)23-13-9-6-10-14-23/h15-18,22-23,25H,5-14,19H2,1-4H3. The number of carbonyl (C=O) groups excluding carboxylic acids is 1. The fourth-order valence-corrected chi connectivity index (χ4v) is 6.80. The average molecular weight is 456 g/mol. The molecule has 0 N–H and O–H groups in total. The molecule has 4 rings (SSSR count). The van der Waals surface area contributed by atoms with Crippen LogP contribution in [0.2, 0.25) is 0 Å². The minimum absolute atomic E-state index is 0.0587. The van der Waals surface area contributed by atoms with Gasteiger partial charge in [0.2, 0.25) is 5.91 Å². The molecule has 1 aromatic carbocycles. The molecule has 3 aliphatic rings. The third-order valence-electron chi connectivity index (χ3n) is 7.39. The zero-order chi connectivity index (χ0) is 22.7. The van der Waals surface area contributed by atoms with E-state index in [-0.39, 0.29) is 17.5 Å². The molecular weight excluding hydrogens is 414 g/mol. The Kier molecular flexibility index (Phi) is 7.54. The molecule has 0 bridgehead atoms. The Morgan fingerprint density at radius 1 is 0.969 bits per heavy atom. The highest BCUT2D eigenvalue weighted by Gasteiger charge is 2.41. The normalized spacial score (nSPS) is 24.8. The number of hydrogen-bond donors (Lipinski definition) is 0. The van der Waals surface area contributed by atoms with Crippen LogP contribution in [-0.4, -0.2) is 40.0 Å². The first-order valence-electron chi connectivity index (χ1n) is 12.7. The number of aliphatic imine (C=N–C) groups is 1. The Morgan fingerprint density at radius 2 is 1.56 bits per heavy atom. The molecule has 1 heterocycles. The van der Waals surface area contributed by atoms with Crippen LogP contribution in [0.15, 0.2) is 29.3 Å². The summed E-state index contributed by atoms with van der Waals surface area (Å²) in [5, 5.41) is 1.20. The summed E-state index contributed by atoms with van der Waals surface area (Å²) in [5.41, 5.74) is 2.42. The summed E-state index contributed by atoms with van der Waals surface area (Å²) in [4.78, 5) is 22.9. The summed E-state index contributed by atoms with van der Waals surface area (Å²) in [6.45, 7) is 8.42. The SMILES string of the molecule is CC(=O)N(c1ccc(C(C)(C)C)cc1)C1CSC(=NC2CCCCC2)N1C1CCCCC1. The second kappa shape index (κ2) is 10.2. The van der Waals surface area contributed by atoms with Gasteiger partial charge in [0, 0.05) is 24.4 Å². The van der Waals surface area contributed by atoms with Crippen molar-refractivity contribution in [3.05, 3.63) is 29.8 Å². The summed E-state index contributed by atoms with van der Waals surface area (Å²) in [6.07, 6.45) is 12.8. The maximum atomic E-state index is 13.0. The van der Waals surface area contributed by atoms with Crippen LogP contribution in [-0.2, 0) is 10.2 Å². The van der Waals surface area contributed by atoms with Gasteiger partial charge in [0.05, 0.1) is 6.04 Å². The molecule has 3 fully saturated rings. The number of thioether (sulfide) groups is 1. The molecule has 0 aromatic heterocycles. The van der Waals surface area contributed by atoms with E-state index in [4.69, 9.17) is 4.99 Å². The van der Waals surface area contributed by atoms with Crippen LogP contribution < -0.4 is 4.90 Å². The van der Waals surface area contributed by atoms with E-state index in [2.05, 4.69) is 49.9 Å². The Hall–Kier alpha value is -1.49. The summed E-state index contributed by atoms with van der Waals surface area (Å²) in [6, 6.07) is 9.63. The van der Waals surface area contributed by atoms with E-state index in [1.807, 2.05) is 16.7 Å². The fourth-order valence-electron chi connectivity index (χ4n) is 5.55. The van der Waals surface area contributed by atoms with Crippen LogP contribution in [0.1, 0.15) is 97.5 Å². The number of amides is 1. The lowest BCUT2D eigenvalue weighted by molar-refractivity contribution is -0.117. The van der Waals surface area contributed by atoms with E-state index in [1.54, 1.807) is 6.92 Å². The van der Waals surface area contributed by atoms with E-state index < -0.39 is 0 Å². The van der Waals surface area contributed by atoms with Crippen LogP contribution in [0, 0.1) is 0 Å². The van der Waals surface area contributed by atoms with Crippen molar-refractivity contribution in [3.8, 4) is 0 Å². The van der Waals surface area contributed by atoms with Crippen LogP contribution in [0.3, 0.4) is 0 Å². The highest BCUT2D eigenvalue weighted by molar-refractivity contribution is 8.14. The first-order valence-corrected chi connectivity index (χ1v) is 13.7. The molecule has 0 radical (unpaired) electrons. The maximum Gasteiger partial charge on any atom is 0.225 e. The zero-order valence-corrected chi connectivity index (χ0v) is 21.3. The van der Waals surface area contributed by atoms with E-state index in [9.17, 15) is 4.79 Å². The molecular formula is C27H41N3OS. The van der Waals surface area contributed by atoms with Gasteiger partial charge in [-0.1, -0.05) is 83.2 Å². The lowest BCUT2D eigenvalue weighted by Crippen LogP contribution is -2.54. The van der Waals surface area contributed by atoms with Crippen molar-refractivity contribution in [2.75, 3.05) is 10.7 Å². The molecule has 1 aromatic rings. The van der Waals surface area contributed by atoms with Gasteiger partial charge < -0.3 is 4.90 Å². The molecule has 1 atom stereocenters. The van der Waals surface area contributed by atoms with Gasteiger partial charge in [-0.25, -0.2) is 0 Å². The number of hydrogen-bond acceptors (Lipinski definition) is 3. The molecule has 32 heavy (non-hydrogen) atoms. The fraction of sp³-hybridized carbons (Fsp3) is 0.704. The summed E-state index contributed by atoms with van der Waals surface area (Å²) < 4.78 is 0. The summed E-state index contributed by atoms with van der Waals surface area (Å²) in [5.74, 6) is 1.03. The molecule has 2 saturated carbocycles. The largest absolute Gasteiger partial charge is 0.327 e. The van der Waals surface area contributed by atoms with Crippen LogP contribution in [0.4, 0.5) is 5.69 Å². The predicted octanol–water partition coefficient (Wildman–Crippen LogP) is 6.73. The highest BCUT2D eigenvalue weighted by Crippen LogP contribution is 2.37. The van der Waals surface area contributed by atoms with Crippen molar-refractivity contribution >= 4 is 28.5 Å². The van der Waals surface area contributed by atoms with Crippen molar-refractivity contribution in [2.24, 2.45) is 4.99 Å². The molecule has 4 nitrogen and oxygen atoms in total. The first-order chi connectivity index (χ1) is 15.3. The van der Waals surface area contributed by atoms with Crippen molar-refractivity contribution in [1.29, 1.82) is 0 Å². The number of carbonyl (C=O) groups is 1. The van der Waals surface area contributed by atoms with Crippen LogP contribution in [0.25, 0.3) is 0 Å². The number of nitrogens with zero attached hydrogens (tertiary/aromatic N) is 3. The highest BCUT2D eigenvalue weighted by atomic mass is 32.2. The van der Waals surface area contributed by atoms with E-state index in [1.165, 1.54) is 74.9 Å². The third kappa shape index (κ3) is 5.35. The number of rotatable bonds is 4. The third-order valence-corrected chi connectivity index (χ3v) is 8.43. The monoisotopic (exact) mass is 455 g/mol. The summed E-state index contributed by atoms with van der Waals surface area (Å²) in [7, 11) is 0. The van der Waals surface area contributed by atoms with Gasteiger partial charge in [-0.05, 0) is 48.8 Å². The Labute approximate surface area is 199 Å². The van der Waals surface area contributed by atoms with Gasteiger partial charge in [0.15, 0.2) is 5.17 Å². The van der Waals surface area contributed by atoms with Gasteiger partial charge in [0.1, 0.15) is 6.17 Å². The second-order valence-corrected chi connectivity index (χ2v) is 11.9. The molecule has 1 amide bonds. The van der Waals surface area contributed by atoms with Crippen LogP contribution in [0.5, 0.6) is 0 Å². The Balaban J connectivity index is 1.64. The molecule has 176 valence electrons. The Bertz CT molecular complexity index is 801. The van der Waals surface area contributed by atoms with Crippen molar-refractivity contribution < 1.29 is 4.79 Å². The van der Waals surface area contributed by atoms with E-state index in [0.29, 0.717) is 12.1 Å². The quantitative estimate of drug-likeness (QED) is 0.505. The minimum Gasteiger partial charge on any atom is -0.327 e. The van der Waals surface area contributed by atoms with Crippen molar-refractivity contribution in [3.63, 3.8) is 0 Å². The molecule has 1 aliphatic heterocycles. The maximum absolute atomic E-state index is 13.0. The number of benzene rings is 1. The first kappa shape index (κ1) is 23.7. The number of anilines is 1. The van der Waals surface area contributed by atoms with E-state index >= 15 is 0 Å². The van der Waals surface area contributed by atoms with Gasteiger partial charge in [-0.2, -0.15) is 0 Å². The Morgan fingerprint density at radius 3 is 2.12 bits per heavy atom. The smallest absolute Gasteiger partial charge is 0.225 e. The van der Waals surface area contributed by atoms with Gasteiger partial charge in [-0.15, -0.1) is 0 Å². The predicted molar refractivity (Wildman–Crippen MR) is 138 cm³/mol. The molecule has 1 unspecified atom stereocenters.